The molecule has 1 aliphatic rings. The number of aliphatic imine (C=N–C) groups is 1. The number of unbranched alkanes of at least 4 members (excludes halogenated alkanes) is 3. The highest BCUT2D eigenvalue weighted by Crippen LogP contribution is 2.09. The average Bonchev–Trinajstić information content (AvgIpc) is 3.08. The average molecular weight is 322 g/mol. The Kier molecular flexibility index (Phi) is 10.2. The van der Waals surface area contributed by atoms with E-state index in [-0.39, 0.29) is 5.91 Å². The quantitative estimate of drug-likeness (QED) is 0.291. The van der Waals surface area contributed by atoms with Gasteiger partial charge in [0, 0.05) is 39.6 Å². The number of hydrogen-bond acceptors (Lipinski definition) is 2. The summed E-state index contributed by atoms with van der Waals surface area (Å²) >= 11 is 0. The molecule has 0 aliphatic carbocycles. The van der Waals surface area contributed by atoms with E-state index in [9.17, 15) is 4.79 Å². The fraction of sp³-hybridized carbons (Fsp3) is 0.778. The number of nitrogens with zero attached hydrogens (tertiary/aromatic N) is 3. The van der Waals surface area contributed by atoms with Gasteiger partial charge in [0.1, 0.15) is 0 Å². The molecule has 1 rings (SSSR count). The summed E-state index contributed by atoms with van der Waals surface area (Å²) < 4.78 is 0. The molecule has 1 saturated heterocycles. The summed E-state index contributed by atoms with van der Waals surface area (Å²) in [7, 11) is 2.07. The molecule has 0 aromatic carbocycles. The Morgan fingerprint density at radius 2 is 2.04 bits per heavy atom. The van der Waals surface area contributed by atoms with Gasteiger partial charge in [0.25, 0.3) is 0 Å². The molecule has 5 nitrogen and oxygen atoms in total. The number of carbonyl (C=O) groups is 1. The molecule has 132 valence electrons. The summed E-state index contributed by atoms with van der Waals surface area (Å²) in [5, 5.41) is 3.31. The second-order valence-electron chi connectivity index (χ2n) is 6.13. The van der Waals surface area contributed by atoms with Crippen LogP contribution >= 0.6 is 0 Å². The minimum Gasteiger partial charge on any atom is -0.357 e. The van der Waals surface area contributed by atoms with Crippen LogP contribution in [0.2, 0.25) is 0 Å². The Labute approximate surface area is 141 Å². The fourth-order valence-electron chi connectivity index (χ4n) is 2.77. The van der Waals surface area contributed by atoms with Gasteiger partial charge < -0.3 is 15.1 Å². The van der Waals surface area contributed by atoms with Gasteiger partial charge in [-0.05, 0) is 39.0 Å². The maximum atomic E-state index is 12.0. The summed E-state index contributed by atoms with van der Waals surface area (Å²) in [6.07, 6.45) is 9.45. The van der Waals surface area contributed by atoms with Crippen molar-refractivity contribution in [2.45, 2.75) is 51.9 Å². The second kappa shape index (κ2) is 12.0. The third-order valence-corrected chi connectivity index (χ3v) is 4.14. The molecule has 1 aliphatic heterocycles. The molecule has 0 aromatic heterocycles. The van der Waals surface area contributed by atoms with Gasteiger partial charge in [0.05, 0.1) is 6.54 Å². The van der Waals surface area contributed by atoms with E-state index in [0.29, 0.717) is 13.0 Å². The summed E-state index contributed by atoms with van der Waals surface area (Å²) in [4.78, 5) is 20.8. The molecule has 5 heteroatoms. The Balaban J connectivity index is 2.32. The SMILES string of the molecule is C=CCCCCCN(C)C(=NCCC(=O)N1CCCC1)NCC. The third-order valence-electron chi connectivity index (χ3n) is 4.14. The third kappa shape index (κ3) is 8.05. The first-order valence-electron chi connectivity index (χ1n) is 9.07. The lowest BCUT2D eigenvalue weighted by molar-refractivity contribution is -0.129. The van der Waals surface area contributed by atoms with Crippen LogP contribution in [0.3, 0.4) is 0 Å². The molecule has 1 N–H and O–H groups in total. The van der Waals surface area contributed by atoms with E-state index in [1.54, 1.807) is 0 Å². The maximum absolute atomic E-state index is 12.0. The zero-order valence-corrected chi connectivity index (χ0v) is 15.0. The molecule has 0 spiro atoms. The van der Waals surface area contributed by atoms with Gasteiger partial charge in [0.2, 0.25) is 5.91 Å². The van der Waals surface area contributed by atoms with Crippen LogP contribution in [0.15, 0.2) is 17.6 Å². The van der Waals surface area contributed by atoms with Crippen molar-refractivity contribution in [3.63, 3.8) is 0 Å². The lowest BCUT2D eigenvalue weighted by atomic mass is 10.2. The van der Waals surface area contributed by atoms with Crippen LogP contribution in [-0.4, -0.2) is 61.4 Å². The lowest BCUT2D eigenvalue weighted by Crippen LogP contribution is -2.39. The topological polar surface area (TPSA) is 47.9 Å². The normalized spacial score (nSPS) is 14.9. The van der Waals surface area contributed by atoms with Crippen molar-refractivity contribution < 1.29 is 4.79 Å². The lowest BCUT2D eigenvalue weighted by Gasteiger charge is -2.22. The van der Waals surface area contributed by atoms with Gasteiger partial charge in [-0.25, -0.2) is 0 Å². The second-order valence-corrected chi connectivity index (χ2v) is 6.13. The Morgan fingerprint density at radius 1 is 1.30 bits per heavy atom. The minimum atomic E-state index is 0.245. The Hall–Kier alpha value is -1.52. The predicted octanol–water partition coefficient (Wildman–Crippen LogP) is 2.64. The highest BCUT2D eigenvalue weighted by molar-refractivity contribution is 5.80. The van der Waals surface area contributed by atoms with E-state index in [1.165, 1.54) is 12.8 Å². The summed E-state index contributed by atoms with van der Waals surface area (Å²) in [6.45, 7) is 10.1. The molecule has 1 amide bonds. The molecule has 1 heterocycles. The van der Waals surface area contributed by atoms with Crippen molar-refractivity contribution in [2.75, 3.05) is 39.8 Å². The number of carbonyl (C=O) groups excluding carboxylic acids is 1. The van der Waals surface area contributed by atoms with E-state index in [4.69, 9.17) is 0 Å². The minimum absolute atomic E-state index is 0.245. The van der Waals surface area contributed by atoms with E-state index in [2.05, 4.69) is 35.8 Å². The van der Waals surface area contributed by atoms with Crippen LogP contribution in [0.5, 0.6) is 0 Å². The van der Waals surface area contributed by atoms with Crippen LogP contribution in [0, 0.1) is 0 Å². The number of nitrogens with one attached hydrogen (secondary N) is 1. The van der Waals surface area contributed by atoms with Gasteiger partial charge in [-0.2, -0.15) is 0 Å². The standard InChI is InChI=1S/C18H34N4O/c1-4-6-7-8-9-14-21(3)18(19-5-2)20-13-12-17(23)22-15-10-11-16-22/h4H,1,5-16H2,2-3H3,(H,19,20). The zero-order chi connectivity index (χ0) is 16.9. The van der Waals surface area contributed by atoms with Crippen molar-refractivity contribution in [1.29, 1.82) is 0 Å². The van der Waals surface area contributed by atoms with Crippen LogP contribution in [0.1, 0.15) is 51.9 Å². The molecule has 0 bridgehead atoms. The molecule has 0 atom stereocenters. The number of allylic oxidation sites excluding steroid dienone is 1. The molecule has 1 fully saturated rings. The Bertz CT molecular complexity index is 375. The molecular weight excluding hydrogens is 288 g/mol. The van der Waals surface area contributed by atoms with E-state index in [0.717, 1.165) is 57.8 Å². The van der Waals surface area contributed by atoms with Gasteiger partial charge >= 0.3 is 0 Å². The van der Waals surface area contributed by atoms with Crippen molar-refractivity contribution in [2.24, 2.45) is 4.99 Å². The molecule has 0 radical (unpaired) electrons. The number of hydrogen-bond donors (Lipinski definition) is 1. The number of guanidine groups is 1. The van der Waals surface area contributed by atoms with Gasteiger partial charge in [0.15, 0.2) is 5.96 Å². The fourth-order valence-corrected chi connectivity index (χ4v) is 2.77. The smallest absolute Gasteiger partial charge is 0.224 e. The molecule has 0 unspecified atom stereocenters. The molecule has 23 heavy (non-hydrogen) atoms. The molecule has 0 aromatic rings. The first-order valence-corrected chi connectivity index (χ1v) is 9.07. The van der Waals surface area contributed by atoms with Crippen LogP contribution in [0.4, 0.5) is 0 Å². The number of amides is 1. The van der Waals surface area contributed by atoms with Crippen molar-refractivity contribution in [3.8, 4) is 0 Å². The summed E-state index contributed by atoms with van der Waals surface area (Å²) in [6, 6.07) is 0. The maximum Gasteiger partial charge on any atom is 0.224 e. The first kappa shape index (κ1) is 19.5. The largest absolute Gasteiger partial charge is 0.357 e. The van der Waals surface area contributed by atoms with Crippen LogP contribution in [0.25, 0.3) is 0 Å². The van der Waals surface area contributed by atoms with Crippen molar-refractivity contribution >= 4 is 11.9 Å². The highest BCUT2D eigenvalue weighted by atomic mass is 16.2. The van der Waals surface area contributed by atoms with Crippen molar-refractivity contribution in [3.05, 3.63) is 12.7 Å². The summed E-state index contributed by atoms with van der Waals surface area (Å²) in [5.41, 5.74) is 0. The highest BCUT2D eigenvalue weighted by Gasteiger charge is 2.17. The monoisotopic (exact) mass is 322 g/mol. The molecular formula is C18H34N4O. The van der Waals surface area contributed by atoms with Crippen molar-refractivity contribution in [1.82, 2.24) is 15.1 Å². The summed E-state index contributed by atoms with van der Waals surface area (Å²) in [5.74, 6) is 1.15. The van der Waals surface area contributed by atoms with E-state index < -0.39 is 0 Å². The number of rotatable bonds is 10. The Morgan fingerprint density at radius 3 is 2.70 bits per heavy atom. The molecule has 0 saturated carbocycles. The van der Waals surface area contributed by atoms with Crippen LogP contribution in [-0.2, 0) is 4.79 Å². The van der Waals surface area contributed by atoms with Gasteiger partial charge in [-0.3, -0.25) is 9.79 Å². The van der Waals surface area contributed by atoms with Gasteiger partial charge in [-0.1, -0.05) is 12.5 Å². The predicted molar refractivity (Wildman–Crippen MR) is 97.7 cm³/mol. The first-order chi connectivity index (χ1) is 11.2. The van der Waals surface area contributed by atoms with Crippen LogP contribution < -0.4 is 5.32 Å². The van der Waals surface area contributed by atoms with Gasteiger partial charge in [-0.15, -0.1) is 6.58 Å². The van der Waals surface area contributed by atoms with E-state index >= 15 is 0 Å². The van der Waals surface area contributed by atoms with E-state index in [1.807, 2.05) is 11.0 Å². The zero-order valence-electron chi connectivity index (χ0n) is 15.0. The number of likely N-dealkylation sites (tertiary alicyclic amines) is 1.